The summed E-state index contributed by atoms with van der Waals surface area (Å²) in [6.07, 6.45) is 1.85. The molecular formula is C12H16N6O. The summed E-state index contributed by atoms with van der Waals surface area (Å²) in [6, 6.07) is 1.75. The van der Waals surface area contributed by atoms with Crippen LogP contribution in [0.1, 0.15) is 12.7 Å². The molecule has 2 rings (SSSR count). The van der Waals surface area contributed by atoms with Gasteiger partial charge < -0.3 is 9.80 Å². The number of amides is 1. The summed E-state index contributed by atoms with van der Waals surface area (Å²) in [5.41, 5.74) is 0. The molecule has 19 heavy (non-hydrogen) atoms. The number of nitrogens with zero attached hydrogens (tertiary/aromatic N) is 5. The Balaban J connectivity index is 2.11. The number of carbonyl (C=O) groups is 1. The van der Waals surface area contributed by atoms with E-state index in [-0.39, 0.29) is 5.91 Å². The molecule has 0 radical (unpaired) electrons. The van der Waals surface area contributed by atoms with E-state index in [0.29, 0.717) is 24.7 Å². The molecule has 0 spiro atoms. The average Bonchev–Trinajstić information content (AvgIpc) is 2.38. The summed E-state index contributed by atoms with van der Waals surface area (Å²) in [4.78, 5) is 23.7. The Morgan fingerprint density at radius 1 is 1.37 bits per heavy atom. The highest BCUT2D eigenvalue weighted by Crippen LogP contribution is 2.17. The predicted octanol–water partition coefficient (Wildman–Crippen LogP) is 0.346. The van der Waals surface area contributed by atoms with E-state index in [4.69, 9.17) is 5.26 Å². The van der Waals surface area contributed by atoms with Gasteiger partial charge in [0.15, 0.2) is 6.19 Å². The topological polar surface area (TPSA) is 85.2 Å². The zero-order valence-corrected chi connectivity index (χ0v) is 11.1. The molecule has 0 aliphatic carbocycles. The average molecular weight is 260 g/mol. The van der Waals surface area contributed by atoms with Gasteiger partial charge in [0.25, 0.3) is 0 Å². The first kappa shape index (κ1) is 13.1. The summed E-state index contributed by atoms with van der Waals surface area (Å²) in [6.45, 7) is 6.24. The van der Waals surface area contributed by atoms with Crippen LogP contribution in [0.4, 0.5) is 11.6 Å². The number of aromatic nitrogens is 2. The lowest BCUT2D eigenvalue weighted by Crippen LogP contribution is -2.48. The van der Waals surface area contributed by atoms with Crippen molar-refractivity contribution in [3.8, 4) is 6.19 Å². The van der Waals surface area contributed by atoms with Crippen molar-refractivity contribution in [1.82, 2.24) is 14.9 Å². The summed E-state index contributed by atoms with van der Waals surface area (Å²) < 4.78 is 0. The number of piperazine rings is 1. The zero-order valence-electron chi connectivity index (χ0n) is 11.1. The van der Waals surface area contributed by atoms with E-state index in [9.17, 15) is 4.79 Å². The molecule has 1 aliphatic rings. The van der Waals surface area contributed by atoms with Gasteiger partial charge in [-0.2, -0.15) is 5.26 Å². The van der Waals surface area contributed by atoms with Crippen molar-refractivity contribution in [3.63, 3.8) is 0 Å². The lowest BCUT2D eigenvalue weighted by molar-refractivity contribution is -0.129. The normalized spacial score (nSPS) is 15.0. The van der Waals surface area contributed by atoms with Crippen LogP contribution in [0.2, 0.25) is 0 Å². The first-order chi connectivity index (χ1) is 9.10. The van der Waals surface area contributed by atoms with Crippen molar-refractivity contribution in [2.75, 3.05) is 36.4 Å². The molecule has 7 nitrogen and oxygen atoms in total. The first-order valence-electron chi connectivity index (χ1n) is 6.11. The number of carbonyl (C=O) groups excluding carboxylic acids is 1. The molecular weight excluding hydrogens is 244 g/mol. The van der Waals surface area contributed by atoms with E-state index in [1.807, 2.05) is 11.1 Å². The van der Waals surface area contributed by atoms with Crippen molar-refractivity contribution in [3.05, 3.63) is 11.9 Å². The van der Waals surface area contributed by atoms with Gasteiger partial charge in [-0.3, -0.25) is 10.1 Å². The number of aryl methyl sites for hydroxylation is 1. The van der Waals surface area contributed by atoms with Gasteiger partial charge in [-0.25, -0.2) is 9.97 Å². The van der Waals surface area contributed by atoms with Gasteiger partial charge in [0, 0.05) is 39.2 Å². The molecule has 1 amide bonds. The number of nitrogens with one attached hydrogen (secondary N) is 1. The second-order valence-corrected chi connectivity index (χ2v) is 4.39. The Kier molecular flexibility index (Phi) is 3.80. The van der Waals surface area contributed by atoms with E-state index in [0.717, 1.165) is 18.9 Å². The van der Waals surface area contributed by atoms with Crippen LogP contribution in [-0.4, -0.2) is 47.0 Å². The number of hydrogen-bond donors (Lipinski definition) is 1. The zero-order chi connectivity index (χ0) is 13.8. The quantitative estimate of drug-likeness (QED) is 0.610. The summed E-state index contributed by atoms with van der Waals surface area (Å²) in [5, 5.41) is 11.1. The van der Waals surface area contributed by atoms with Gasteiger partial charge in [0.1, 0.15) is 17.5 Å². The number of rotatable bonds is 2. The first-order valence-corrected chi connectivity index (χ1v) is 6.11. The van der Waals surface area contributed by atoms with Crippen molar-refractivity contribution in [2.45, 2.75) is 13.8 Å². The fourth-order valence-corrected chi connectivity index (χ4v) is 2.09. The van der Waals surface area contributed by atoms with E-state index in [1.165, 1.54) is 0 Å². The predicted molar refractivity (Wildman–Crippen MR) is 70.5 cm³/mol. The molecule has 0 bridgehead atoms. The van der Waals surface area contributed by atoms with Crippen molar-refractivity contribution < 1.29 is 4.79 Å². The van der Waals surface area contributed by atoms with Crippen molar-refractivity contribution >= 4 is 17.5 Å². The van der Waals surface area contributed by atoms with Crippen molar-refractivity contribution in [2.24, 2.45) is 0 Å². The van der Waals surface area contributed by atoms with Gasteiger partial charge in [0.05, 0.1) is 0 Å². The number of hydrogen-bond acceptors (Lipinski definition) is 6. The largest absolute Gasteiger partial charge is 0.353 e. The molecule has 1 saturated heterocycles. The fourth-order valence-electron chi connectivity index (χ4n) is 2.09. The van der Waals surface area contributed by atoms with E-state index in [1.54, 1.807) is 19.9 Å². The molecule has 0 saturated carbocycles. The summed E-state index contributed by atoms with van der Waals surface area (Å²) in [7, 11) is 0. The number of anilines is 2. The lowest BCUT2D eigenvalue weighted by atomic mass is 10.3. The van der Waals surface area contributed by atoms with E-state index >= 15 is 0 Å². The molecule has 0 aromatic carbocycles. The third kappa shape index (κ3) is 3.10. The molecule has 1 aromatic rings. The van der Waals surface area contributed by atoms with Crippen LogP contribution in [0.3, 0.4) is 0 Å². The van der Waals surface area contributed by atoms with Crippen LogP contribution in [0, 0.1) is 18.4 Å². The second-order valence-electron chi connectivity index (χ2n) is 4.39. The van der Waals surface area contributed by atoms with Crippen LogP contribution >= 0.6 is 0 Å². The number of nitriles is 1. The minimum atomic E-state index is 0.102. The Labute approximate surface area is 111 Å². The standard InChI is InChI=1S/C12H16N6O/c1-9-15-11(14-8-13)7-12(16-9)18-5-3-17(4-6-18)10(2)19/h7H,3-6H2,1-2H3,(H,14,15,16). The molecule has 100 valence electrons. The highest BCUT2D eigenvalue weighted by atomic mass is 16.2. The van der Waals surface area contributed by atoms with Crippen LogP contribution in [0.15, 0.2) is 6.07 Å². The monoisotopic (exact) mass is 260 g/mol. The molecule has 2 heterocycles. The van der Waals surface area contributed by atoms with Gasteiger partial charge in [-0.15, -0.1) is 0 Å². The Hall–Kier alpha value is -2.36. The SMILES string of the molecule is CC(=O)N1CCN(c2cc(NC#N)nc(C)n2)CC1. The fraction of sp³-hybridized carbons (Fsp3) is 0.500. The third-order valence-corrected chi connectivity index (χ3v) is 3.06. The molecule has 7 heteroatoms. The Morgan fingerprint density at radius 3 is 2.63 bits per heavy atom. The Morgan fingerprint density at radius 2 is 2.05 bits per heavy atom. The highest BCUT2D eigenvalue weighted by molar-refractivity contribution is 5.73. The van der Waals surface area contributed by atoms with Crippen LogP contribution in [0.25, 0.3) is 0 Å². The molecule has 1 N–H and O–H groups in total. The minimum Gasteiger partial charge on any atom is -0.353 e. The summed E-state index contributed by atoms with van der Waals surface area (Å²) in [5.74, 6) is 2.00. The molecule has 1 aliphatic heterocycles. The maximum atomic E-state index is 11.3. The van der Waals surface area contributed by atoms with Gasteiger partial charge >= 0.3 is 0 Å². The van der Waals surface area contributed by atoms with Gasteiger partial charge in [-0.05, 0) is 6.92 Å². The van der Waals surface area contributed by atoms with Crippen LogP contribution in [0.5, 0.6) is 0 Å². The van der Waals surface area contributed by atoms with Gasteiger partial charge in [-0.1, -0.05) is 0 Å². The van der Waals surface area contributed by atoms with Gasteiger partial charge in [0.2, 0.25) is 5.91 Å². The maximum absolute atomic E-state index is 11.3. The smallest absolute Gasteiger partial charge is 0.219 e. The van der Waals surface area contributed by atoms with Crippen LogP contribution < -0.4 is 10.2 Å². The minimum absolute atomic E-state index is 0.102. The molecule has 1 aromatic heterocycles. The van der Waals surface area contributed by atoms with E-state index < -0.39 is 0 Å². The third-order valence-electron chi connectivity index (χ3n) is 3.06. The molecule has 1 fully saturated rings. The van der Waals surface area contributed by atoms with Crippen molar-refractivity contribution in [1.29, 1.82) is 5.26 Å². The maximum Gasteiger partial charge on any atom is 0.219 e. The molecule has 0 atom stereocenters. The highest BCUT2D eigenvalue weighted by Gasteiger charge is 2.20. The summed E-state index contributed by atoms with van der Waals surface area (Å²) >= 11 is 0. The van der Waals surface area contributed by atoms with E-state index in [2.05, 4.69) is 20.2 Å². The van der Waals surface area contributed by atoms with Crippen LogP contribution in [-0.2, 0) is 4.79 Å². The Bertz CT molecular complexity index is 515. The lowest BCUT2D eigenvalue weighted by Gasteiger charge is -2.35. The molecule has 0 unspecified atom stereocenters. The second kappa shape index (κ2) is 5.52.